The molecule has 10 heteroatoms. The first kappa shape index (κ1) is 24.9. The lowest BCUT2D eigenvalue weighted by Gasteiger charge is -2.48. The number of piperazine rings is 1. The van der Waals surface area contributed by atoms with Gasteiger partial charge in [0.25, 0.3) is 0 Å². The fourth-order valence-corrected chi connectivity index (χ4v) is 6.81. The molecule has 184 valence electrons. The van der Waals surface area contributed by atoms with Crippen molar-refractivity contribution in [2.45, 2.75) is 42.5 Å². The summed E-state index contributed by atoms with van der Waals surface area (Å²) in [4.78, 5) is 17.6. The van der Waals surface area contributed by atoms with Crippen molar-refractivity contribution in [2.75, 3.05) is 65.6 Å². The molecule has 2 heterocycles. The molecule has 0 spiro atoms. The van der Waals surface area contributed by atoms with E-state index in [1.165, 1.54) is 35.7 Å². The Morgan fingerprint density at radius 1 is 0.970 bits per heavy atom. The molecule has 0 aromatic heterocycles. The summed E-state index contributed by atoms with van der Waals surface area (Å²) in [5.74, 6) is 0.0159. The zero-order chi connectivity index (χ0) is 23.3. The fourth-order valence-electron chi connectivity index (χ4n) is 5.26. The summed E-state index contributed by atoms with van der Waals surface area (Å²) in [5.41, 5.74) is 0.0447. The minimum absolute atomic E-state index is 0.0159. The van der Waals surface area contributed by atoms with E-state index in [9.17, 15) is 13.2 Å². The molecular weight excluding hydrogens is 464 g/mol. The molecule has 1 N–H and O–H groups in total. The monoisotopic (exact) mass is 498 g/mol. The Morgan fingerprint density at radius 3 is 2.24 bits per heavy atom. The highest BCUT2D eigenvalue weighted by molar-refractivity contribution is 7.89. The first-order valence-electron chi connectivity index (χ1n) is 12.0. The summed E-state index contributed by atoms with van der Waals surface area (Å²) >= 11 is 5.88. The summed E-state index contributed by atoms with van der Waals surface area (Å²) in [6.45, 7) is 6.18. The van der Waals surface area contributed by atoms with Crippen molar-refractivity contribution in [1.82, 2.24) is 19.4 Å². The van der Waals surface area contributed by atoms with Gasteiger partial charge in [-0.25, -0.2) is 8.42 Å². The Hall–Kier alpha value is -1.23. The number of carbonyl (C=O) groups is 1. The van der Waals surface area contributed by atoms with E-state index in [2.05, 4.69) is 10.2 Å². The van der Waals surface area contributed by atoms with Gasteiger partial charge < -0.3 is 10.1 Å². The topological polar surface area (TPSA) is 82.2 Å². The zero-order valence-electron chi connectivity index (χ0n) is 19.2. The van der Waals surface area contributed by atoms with Gasteiger partial charge in [0.05, 0.1) is 24.7 Å². The highest BCUT2D eigenvalue weighted by Gasteiger charge is 2.39. The number of amides is 1. The SMILES string of the molecule is O=C(CN1CCN(S(=O)(=O)c2ccc(Cl)cc2)CC1)NCC1(N2CCOCC2)CCCCC1. The fraction of sp³-hybridized carbons (Fsp3) is 0.696. The van der Waals surface area contributed by atoms with Gasteiger partial charge >= 0.3 is 0 Å². The van der Waals surface area contributed by atoms with E-state index in [0.29, 0.717) is 44.3 Å². The number of morpholine rings is 1. The number of rotatable bonds is 7. The lowest BCUT2D eigenvalue weighted by atomic mass is 9.79. The van der Waals surface area contributed by atoms with Crippen LogP contribution in [-0.2, 0) is 19.6 Å². The van der Waals surface area contributed by atoms with Crippen LogP contribution in [0.5, 0.6) is 0 Å². The molecule has 1 amide bonds. The molecule has 1 aromatic carbocycles. The second kappa shape index (κ2) is 11.0. The molecule has 8 nitrogen and oxygen atoms in total. The average molecular weight is 499 g/mol. The summed E-state index contributed by atoms with van der Waals surface area (Å²) in [6.07, 6.45) is 5.92. The normalized spacial score (nSPS) is 23.3. The van der Waals surface area contributed by atoms with Gasteiger partial charge in [0.2, 0.25) is 15.9 Å². The molecule has 33 heavy (non-hydrogen) atoms. The zero-order valence-corrected chi connectivity index (χ0v) is 20.7. The Kier molecular flexibility index (Phi) is 8.30. The molecule has 2 aliphatic heterocycles. The number of hydrogen-bond acceptors (Lipinski definition) is 6. The summed E-state index contributed by atoms with van der Waals surface area (Å²) < 4.78 is 32.7. The van der Waals surface area contributed by atoms with Crippen LogP contribution in [0.2, 0.25) is 5.02 Å². The largest absolute Gasteiger partial charge is 0.379 e. The lowest BCUT2D eigenvalue weighted by Crippen LogP contribution is -2.60. The maximum absolute atomic E-state index is 12.9. The number of halogens is 1. The second-order valence-corrected chi connectivity index (χ2v) is 11.7. The van der Waals surface area contributed by atoms with Crippen molar-refractivity contribution < 1.29 is 17.9 Å². The Bertz CT molecular complexity index is 892. The van der Waals surface area contributed by atoms with Crippen LogP contribution >= 0.6 is 11.6 Å². The molecule has 0 bridgehead atoms. The Morgan fingerprint density at radius 2 is 1.61 bits per heavy atom. The molecule has 0 atom stereocenters. The van der Waals surface area contributed by atoms with E-state index >= 15 is 0 Å². The smallest absolute Gasteiger partial charge is 0.243 e. The van der Waals surface area contributed by atoms with Gasteiger partial charge in [-0.3, -0.25) is 14.6 Å². The molecule has 0 unspecified atom stereocenters. The van der Waals surface area contributed by atoms with Crippen LogP contribution in [-0.4, -0.2) is 99.5 Å². The van der Waals surface area contributed by atoms with Crippen LogP contribution in [0.3, 0.4) is 0 Å². The van der Waals surface area contributed by atoms with Crippen LogP contribution in [0, 0.1) is 0 Å². The summed E-state index contributed by atoms with van der Waals surface area (Å²) in [6, 6.07) is 6.25. The molecular formula is C23H35ClN4O4S. The van der Waals surface area contributed by atoms with Gasteiger partial charge in [0.15, 0.2) is 0 Å². The first-order chi connectivity index (χ1) is 15.9. The molecule has 3 fully saturated rings. The summed E-state index contributed by atoms with van der Waals surface area (Å²) in [5, 5.41) is 3.71. The quantitative estimate of drug-likeness (QED) is 0.617. The van der Waals surface area contributed by atoms with Crippen molar-refractivity contribution in [3.8, 4) is 0 Å². The molecule has 1 saturated carbocycles. The highest BCUT2D eigenvalue weighted by Crippen LogP contribution is 2.33. The van der Waals surface area contributed by atoms with Crippen LogP contribution in [0.25, 0.3) is 0 Å². The molecule has 1 aliphatic carbocycles. The third-order valence-electron chi connectivity index (χ3n) is 7.23. The minimum atomic E-state index is -3.54. The molecule has 2 saturated heterocycles. The standard InChI is InChI=1S/C23H35ClN4O4S/c24-20-4-6-21(7-5-20)33(30,31)28-12-10-26(11-13-28)18-22(29)25-19-23(8-2-1-3-9-23)27-14-16-32-17-15-27/h4-7H,1-3,8-19H2,(H,25,29). The van der Waals surface area contributed by atoms with E-state index in [0.717, 1.165) is 39.1 Å². The van der Waals surface area contributed by atoms with E-state index < -0.39 is 10.0 Å². The number of carbonyl (C=O) groups excluding carboxylic acids is 1. The van der Waals surface area contributed by atoms with Crippen LogP contribution in [0.1, 0.15) is 32.1 Å². The Labute approximate surface area is 202 Å². The van der Waals surface area contributed by atoms with Gasteiger partial charge in [0.1, 0.15) is 0 Å². The van der Waals surface area contributed by atoms with Crippen LogP contribution in [0.15, 0.2) is 29.2 Å². The lowest BCUT2D eigenvalue weighted by molar-refractivity contribution is -0.123. The average Bonchev–Trinajstić information content (AvgIpc) is 2.84. The third-order valence-corrected chi connectivity index (χ3v) is 9.40. The molecule has 3 aliphatic rings. The van der Waals surface area contributed by atoms with Gasteiger partial charge in [0, 0.05) is 56.4 Å². The van der Waals surface area contributed by atoms with E-state index in [4.69, 9.17) is 16.3 Å². The van der Waals surface area contributed by atoms with Gasteiger partial charge in [-0.1, -0.05) is 30.9 Å². The first-order valence-corrected chi connectivity index (χ1v) is 13.8. The molecule has 1 aromatic rings. The highest BCUT2D eigenvalue weighted by atomic mass is 35.5. The number of nitrogens with one attached hydrogen (secondary N) is 1. The molecule has 0 radical (unpaired) electrons. The number of nitrogens with zero attached hydrogens (tertiary/aromatic N) is 3. The number of sulfonamides is 1. The van der Waals surface area contributed by atoms with E-state index in [1.807, 2.05) is 4.90 Å². The van der Waals surface area contributed by atoms with E-state index in [1.54, 1.807) is 12.1 Å². The van der Waals surface area contributed by atoms with Crippen LogP contribution < -0.4 is 5.32 Å². The van der Waals surface area contributed by atoms with Crippen molar-refractivity contribution in [2.24, 2.45) is 0 Å². The second-order valence-electron chi connectivity index (χ2n) is 9.30. The van der Waals surface area contributed by atoms with Crippen molar-refractivity contribution in [3.63, 3.8) is 0 Å². The van der Waals surface area contributed by atoms with E-state index in [-0.39, 0.29) is 16.3 Å². The minimum Gasteiger partial charge on any atom is -0.379 e. The van der Waals surface area contributed by atoms with Crippen molar-refractivity contribution >= 4 is 27.5 Å². The predicted molar refractivity (Wildman–Crippen MR) is 128 cm³/mol. The van der Waals surface area contributed by atoms with Crippen molar-refractivity contribution in [3.05, 3.63) is 29.3 Å². The maximum Gasteiger partial charge on any atom is 0.243 e. The maximum atomic E-state index is 12.9. The third kappa shape index (κ3) is 6.07. The van der Waals surface area contributed by atoms with Gasteiger partial charge in [-0.15, -0.1) is 0 Å². The van der Waals surface area contributed by atoms with Gasteiger partial charge in [-0.2, -0.15) is 4.31 Å². The van der Waals surface area contributed by atoms with Gasteiger partial charge in [-0.05, 0) is 37.1 Å². The number of ether oxygens (including phenoxy) is 1. The summed E-state index contributed by atoms with van der Waals surface area (Å²) in [7, 11) is -3.54. The predicted octanol–water partition coefficient (Wildman–Crippen LogP) is 1.80. The number of hydrogen-bond donors (Lipinski definition) is 1. The Balaban J connectivity index is 1.27. The molecule has 4 rings (SSSR count). The van der Waals surface area contributed by atoms with Crippen molar-refractivity contribution in [1.29, 1.82) is 0 Å². The number of benzene rings is 1. The van der Waals surface area contributed by atoms with Crippen LogP contribution in [0.4, 0.5) is 0 Å².